The third kappa shape index (κ3) is 2.29. The van der Waals surface area contributed by atoms with Crippen molar-refractivity contribution in [1.29, 1.82) is 0 Å². The lowest BCUT2D eigenvalue weighted by atomic mass is 10.1. The molecular weight excluding hydrogens is 248 g/mol. The van der Waals surface area contributed by atoms with Crippen LogP contribution < -0.4 is 10.6 Å². The van der Waals surface area contributed by atoms with Gasteiger partial charge >= 0.3 is 5.97 Å². The Labute approximate surface area is 109 Å². The van der Waals surface area contributed by atoms with Gasteiger partial charge in [-0.15, -0.1) is 0 Å². The summed E-state index contributed by atoms with van der Waals surface area (Å²) in [7, 11) is 0. The smallest absolute Gasteiger partial charge is 0.338 e. The van der Waals surface area contributed by atoms with Crippen molar-refractivity contribution in [3.05, 3.63) is 29.3 Å². The quantitative estimate of drug-likeness (QED) is 0.829. The molecule has 0 radical (unpaired) electrons. The van der Waals surface area contributed by atoms with Crippen molar-refractivity contribution in [2.75, 3.05) is 11.4 Å². The van der Waals surface area contributed by atoms with E-state index >= 15 is 0 Å². The fourth-order valence-corrected chi connectivity index (χ4v) is 2.29. The maximum Gasteiger partial charge on any atom is 0.338 e. The number of carboxylic acid groups (broad SMARTS) is 1. The second kappa shape index (κ2) is 4.72. The lowest BCUT2D eigenvalue weighted by Gasteiger charge is -2.19. The maximum absolute atomic E-state index is 11.9. The van der Waals surface area contributed by atoms with Gasteiger partial charge in [-0.2, -0.15) is 0 Å². The lowest BCUT2D eigenvalue weighted by molar-refractivity contribution is -0.123. The van der Waals surface area contributed by atoms with Gasteiger partial charge in [0.05, 0.1) is 17.2 Å². The van der Waals surface area contributed by atoms with E-state index in [0.29, 0.717) is 11.3 Å². The predicted octanol–water partition coefficient (Wildman–Crippen LogP) is 0.531. The number of amides is 2. The Balaban J connectivity index is 2.43. The van der Waals surface area contributed by atoms with E-state index in [1.54, 1.807) is 25.1 Å². The van der Waals surface area contributed by atoms with E-state index in [4.69, 9.17) is 5.73 Å². The molecule has 1 atom stereocenters. The van der Waals surface area contributed by atoms with Crippen molar-refractivity contribution in [1.82, 2.24) is 0 Å². The number of rotatable bonds is 3. The number of aryl methyl sites for hydroxylation is 1. The van der Waals surface area contributed by atoms with E-state index in [-0.39, 0.29) is 24.4 Å². The Kier molecular flexibility index (Phi) is 3.25. The number of anilines is 1. The first kappa shape index (κ1) is 13.1. The monoisotopic (exact) mass is 262 g/mol. The molecule has 1 saturated heterocycles. The first-order valence-corrected chi connectivity index (χ1v) is 5.84. The number of primary amides is 1. The summed E-state index contributed by atoms with van der Waals surface area (Å²) in [4.78, 5) is 35.7. The van der Waals surface area contributed by atoms with Gasteiger partial charge < -0.3 is 15.7 Å². The van der Waals surface area contributed by atoms with Gasteiger partial charge in [0.15, 0.2) is 0 Å². The molecule has 6 nitrogen and oxygen atoms in total. The highest BCUT2D eigenvalue weighted by atomic mass is 16.4. The second-order valence-electron chi connectivity index (χ2n) is 4.58. The van der Waals surface area contributed by atoms with Gasteiger partial charge in [-0.25, -0.2) is 4.79 Å². The van der Waals surface area contributed by atoms with E-state index < -0.39 is 17.8 Å². The molecule has 0 aliphatic carbocycles. The van der Waals surface area contributed by atoms with Crippen molar-refractivity contribution in [2.45, 2.75) is 13.3 Å². The maximum atomic E-state index is 11.9. The third-order valence-corrected chi connectivity index (χ3v) is 3.28. The predicted molar refractivity (Wildman–Crippen MR) is 67.8 cm³/mol. The first-order chi connectivity index (χ1) is 8.91. The van der Waals surface area contributed by atoms with Gasteiger partial charge in [-0.1, -0.05) is 12.1 Å². The minimum Gasteiger partial charge on any atom is -0.478 e. The van der Waals surface area contributed by atoms with Crippen molar-refractivity contribution in [2.24, 2.45) is 11.7 Å². The van der Waals surface area contributed by atoms with Crippen molar-refractivity contribution in [3.8, 4) is 0 Å². The molecule has 1 fully saturated rings. The van der Waals surface area contributed by atoms with E-state index in [1.165, 1.54) is 4.90 Å². The summed E-state index contributed by atoms with van der Waals surface area (Å²) in [5.41, 5.74) is 6.17. The fraction of sp³-hybridized carbons (Fsp3) is 0.308. The number of aromatic carboxylic acids is 1. The summed E-state index contributed by atoms with van der Waals surface area (Å²) in [5.74, 6) is -2.48. The number of nitrogens with two attached hydrogens (primary N) is 1. The molecule has 1 heterocycles. The Morgan fingerprint density at radius 1 is 1.42 bits per heavy atom. The molecule has 1 aliphatic heterocycles. The van der Waals surface area contributed by atoms with Gasteiger partial charge in [-0.3, -0.25) is 9.59 Å². The van der Waals surface area contributed by atoms with Crippen LogP contribution in [0.5, 0.6) is 0 Å². The molecule has 0 bridgehead atoms. The highest BCUT2D eigenvalue weighted by Crippen LogP contribution is 2.29. The molecule has 6 heteroatoms. The zero-order valence-corrected chi connectivity index (χ0v) is 10.4. The summed E-state index contributed by atoms with van der Waals surface area (Å²) in [6.45, 7) is 1.80. The van der Waals surface area contributed by atoms with Crippen LogP contribution >= 0.6 is 0 Å². The Morgan fingerprint density at radius 2 is 2.11 bits per heavy atom. The van der Waals surface area contributed by atoms with Gasteiger partial charge in [0.25, 0.3) is 0 Å². The van der Waals surface area contributed by atoms with Crippen LogP contribution in [0.3, 0.4) is 0 Å². The van der Waals surface area contributed by atoms with Crippen LogP contribution in [0.4, 0.5) is 5.69 Å². The minimum absolute atomic E-state index is 0.0301. The largest absolute Gasteiger partial charge is 0.478 e. The number of benzene rings is 1. The van der Waals surface area contributed by atoms with Crippen LogP contribution in [0.1, 0.15) is 22.3 Å². The average molecular weight is 262 g/mol. The molecule has 1 aliphatic rings. The molecule has 3 N–H and O–H groups in total. The fourth-order valence-electron chi connectivity index (χ4n) is 2.29. The van der Waals surface area contributed by atoms with Crippen LogP contribution in [0.15, 0.2) is 18.2 Å². The second-order valence-corrected chi connectivity index (χ2v) is 4.58. The van der Waals surface area contributed by atoms with Gasteiger partial charge in [0.2, 0.25) is 11.8 Å². The van der Waals surface area contributed by atoms with Crippen molar-refractivity contribution >= 4 is 23.5 Å². The molecule has 0 aromatic heterocycles. The van der Waals surface area contributed by atoms with Crippen molar-refractivity contribution in [3.63, 3.8) is 0 Å². The topological polar surface area (TPSA) is 101 Å². The Hall–Kier alpha value is -2.37. The Morgan fingerprint density at radius 3 is 2.63 bits per heavy atom. The van der Waals surface area contributed by atoms with Gasteiger partial charge in [0.1, 0.15) is 0 Å². The SMILES string of the molecule is Cc1cccc(N2CC(C(N)=O)CC2=O)c1C(=O)O. The lowest BCUT2D eigenvalue weighted by Crippen LogP contribution is -2.29. The van der Waals surface area contributed by atoms with E-state index in [0.717, 1.165) is 0 Å². The van der Waals surface area contributed by atoms with Crippen LogP contribution in [-0.4, -0.2) is 29.4 Å². The van der Waals surface area contributed by atoms with Crippen LogP contribution in [-0.2, 0) is 9.59 Å². The van der Waals surface area contributed by atoms with Crippen LogP contribution in [0.2, 0.25) is 0 Å². The first-order valence-electron chi connectivity index (χ1n) is 5.84. The van der Waals surface area contributed by atoms with Crippen LogP contribution in [0, 0.1) is 12.8 Å². The average Bonchev–Trinajstić information content (AvgIpc) is 2.70. The zero-order chi connectivity index (χ0) is 14.2. The standard InChI is InChI=1S/C13H14N2O4/c1-7-3-2-4-9(11(7)13(18)19)15-6-8(12(14)17)5-10(15)16/h2-4,8H,5-6H2,1H3,(H2,14,17)(H,18,19). The molecule has 1 aromatic carbocycles. The van der Waals surface area contributed by atoms with E-state index in [2.05, 4.69) is 0 Å². The number of carbonyl (C=O) groups excluding carboxylic acids is 2. The minimum atomic E-state index is -1.09. The summed E-state index contributed by atoms with van der Waals surface area (Å²) in [6, 6.07) is 4.92. The Bertz CT molecular complexity index is 568. The van der Waals surface area contributed by atoms with Gasteiger partial charge in [0, 0.05) is 13.0 Å². The summed E-state index contributed by atoms with van der Waals surface area (Å²) >= 11 is 0. The number of nitrogens with zero attached hydrogens (tertiary/aromatic N) is 1. The molecule has 0 spiro atoms. The molecule has 1 unspecified atom stereocenters. The molecule has 1 aromatic rings. The van der Waals surface area contributed by atoms with E-state index in [9.17, 15) is 19.5 Å². The molecule has 2 amide bonds. The number of carbonyl (C=O) groups is 3. The summed E-state index contributed by atoms with van der Waals surface area (Å²) in [5, 5.41) is 9.24. The van der Waals surface area contributed by atoms with Crippen molar-refractivity contribution < 1.29 is 19.5 Å². The molecule has 19 heavy (non-hydrogen) atoms. The molecule has 0 saturated carbocycles. The summed E-state index contributed by atoms with van der Waals surface area (Å²) in [6.07, 6.45) is 0.0301. The van der Waals surface area contributed by atoms with Gasteiger partial charge in [-0.05, 0) is 18.6 Å². The molecule has 2 rings (SSSR count). The number of hydrogen-bond acceptors (Lipinski definition) is 3. The number of carboxylic acids is 1. The molecular formula is C13H14N2O4. The normalized spacial score (nSPS) is 18.7. The molecule has 100 valence electrons. The summed E-state index contributed by atoms with van der Waals surface area (Å²) < 4.78 is 0. The number of hydrogen-bond donors (Lipinski definition) is 2. The highest BCUT2D eigenvalue weighted by Gasteiger charge is 2.35. The van der Waals surface area contributed by atoms with Crippen LogP contribution in [0.25, 0.3) is 0 Å². The zero-order valence-electron chi connectivity index (χ0n) is 10.4. The van der Waals surface area contributed by atoms with E-state index in [1.807, 2.05) is 0 Å². The third-order valence-electron chi connectivity index (χ3n) is 3.28. The highest BCUT2D eigenvalue weighted by molar-refractivity contribution is 6.05.